The number of hydrogen-bond donors (Lipinski definition) is 2. The van der Waals surface area contributed by atoms with E-state index in [1.807, 2.05) is 0 Å². The van der Waals surface area contributed by atoms with Gasteiger partial charge in [0.25, 0.3) is 0 Å². The van der Waals surface area contributed by atoms with Gasteiger partial charge in [0, 0.05) is 12.8 Å². The first-order valence-corrected chi connectivity index (χ1v) is 3.95. The molecule has 0 aromatic rings. The largest absolute Gasteiger partial charge is 0.388 e. The van der Waals surface area contributed by atoms with Crippen LogP contribution in [0.5, 0.6) is 0 Å². The van der Waals surface area contributed by atoms with E-state index < -0.39 is 0 Å². The molecule has 0 unspecified atom stereocenters. The molecule has 0 fully saturated rings. The maximum atomic E-state index is 10.5. The van der Waals surface area contributed by atoms with Crippen molar-refractivity contribution in [2.24, 2.45) is 5.73 Å². The highest BCUT2D eigenvalue weighted by Gasteiger charge is 1.94. The van der Waals surface area contributed by atoms with Crippen molar-refractivity contribution in [1.29, 1.82) is 5.41 Å². The van der Waals surface area contributed by atoms with Crippen molar-refractivity contribution in [3.63, 3.8) is 0 Å². The van der Waals surface area contributed by atoms with Crippen LogP contribution in [-0.2, 0) is 4.79 Å². The fourth-order valence-corrected chi connectivity index (χ4v) is 0.866. The van der Waals surface area contributed by atoms with Crippen molar-refractivity contribution in [3.05, 3.63) is 0 Å². The number of unbranched alkanes of at least 4 members (excludes halogenated alkanes) is 2. The lowest BCUT2D eigenvalue weighted by Gasteiger charge is -1.97. The van der Waals surface area contributed by atoms with Gasteiger partial charge in [-0.25, -0.2) is 0 Å². The first-order valence-electron chi connectivity index (χ1n) is 3.95. The van der Waals surface area contributed by atoms with Gasteiger partial charge < -0.3 is 10.5 Å². The Hall–Kier alpha value is -0.860. The van der Waals surface area contributed by atoms with Crippen LogP contribution in [0.2, 0.25) is 0 Å². The lowest BCUT2D eigenvalue weighted by molar-refractivity contribution is -0.117. The van der Waals surface area contributed by atoms with Crippen LogP contribution in [-0.4, -0.2) is 11.6 Å². The highest BCUT2D eigenvalue weighted by atomic mass is 16.1. The average Bonchev–Trinajstić information content (AvgIpc) is 1.85. The Morgan fingerprint density at radius 2 is 1.82 bits per heavy atom. The maximum absolute atomic E-state index is 10.5. The SMILES string of the molecule is CC(=O)CCCCCC(=N)N. The number of rotatable bonds is 6. The highest BCUT2D eigenvalue weighted by Crippen LogP contribution is 2.02. The zero-order valence-corrected chi connectivity index (χ0v) is 7.02. The molecule has 3 nitrogen and oxygen atoms in total. The molecule has 0 radical (unpaired) electrons. The lowest BCUT2D eigenvalue weighted by atomic mass is 10.1. The zero-order valence-electron chi connectivity index (χ0n) is 7.02. The molecule has 0 aliphatic carbocycles. The zero-order chi connectivity index (χ0) is 8.69. The van der Waals surface area contributed by atoms with Gasteiger partial charge >= 0.3 is 0 Å². The molecule has 0 amide bonds. The number of nitrogens with one attached hydrogen (secondary N) is 1. The second kappa shape index (κ2) is 5.89. The topological polar surface area (TPSA) is 66.9 Å². The minimum absolute atomic E-state index is 0.243. The number of carbonyl (C=O) groups is 1. The van der Waals surface area contributed by atoms with Crippen molar-refractivity contribution >= 4 is 11.6 Å². The Kier molecular flexibility index (Phi) is 5.43. The summed E-state index contributed by atoms with van der Waals surface area (Å²) < 4.78 is 0. The van der Waals surface area contributed by atoms with Gasteiger partial charge in [0.15, 0.2) is 0 Å². The predicted octanol–water partition coefficient (Wildman–Crippen LogP) is 1.46. The molecule has 0 saturated carbocycles. The van der Waals surface area contributed by atoms with E-state index in [0.29, 0.717) is 12.8 Å². The Balaban J connectivity index is 3.03. The summed E-state index contributed by atoms with van der Waals surface area (Å²) in [6.07, 6.45) is 4.19. The third kappa shape index (κ3) is 9.14. The molecule has 0 saturated heterocycles. The summed E-state index contributed by atoms with van der Waals surface area (Å²) in [4.78, 5) is 10.5. The first kappa shape index (κ1) is 10.1. The van der Waals surface area contributed by atoms with Crippen LogP contribution in [0.3, 0.4) is 0 Å². The Bertz CT molecular complexity index is 127. The Labute approximate surface area is 67.5 Å². The summed E-state index contributed by atoms with van der Waals surface area (Å²) in [5, 5.41) is 6.93. The summed E-state index contributed by atoms with van der Waals surface area (Å²) in [7, 11) is 0. The minimum atomic E-state index is 0.243. The van der Waals surface area contributed by atoms with Crippen molar-refractivity contribution in [3.8, 4) is 0 Å². The van der Waals surface area contributed by atoms with E-state index in [9.17, 15) is 4.79 Å². The second-order valence-corrected chi connectivity index (χ2v) is 2.79. The number of nitrogens with two attached hydrogens (primary N) is 1. The van der Waals surface area contributed by atoms with E-state index in [0.717, 1.165) is 19.3 Å². The molecule has 0 aromatic carbocycles. The van der Waals surface area contributed by atoms with Gasteiger partial charge in [-0.05, 0) is 19.8 Å². The molecule has 64 valence electrons. The third-order valence-electron chi connectivity index (χ3n) is 1.47. The Morgan fingerprint density at radius 3 is 2.27 bits per heavy atom. The molecule has 3 N–H and O–H groups in total. The molecule has 0 aromatic heterocycles. The number of hydrogen-bond acceptors (Lipinski definition) is 2. The second-order valence-electron chi connectivity index (χ2n) is 2.79. The molecule has 3 heteroatoms. The quantitative estimate of drug-likeness (QED) is 0.347. The summed E-state index contributed by atoms with van der Waals surface area (Å²) >= 11 is 0. The minimum Gasteiger partial charge on any atom is -0.388 e. The molecule has 0 bridgehead atoms. The molecule has 0 aliphatic rings. The van der Waals surface area contributed by atoms with Crippen LogP contribution in [0.25, 0.3) is 0 Å². The molecule has 0 atom stereocenters. The normalized spacial score (nSPS) is 9.55. The average molecular weight is 156 g/mol. The van der Waals surface area contributed by atoms with Gasteiger partial charge in [0.05, 0.1) is 5.84 Å². The van der Waals surface area contributed by atoms with E-state index in [4.69, 9.17) is 11.1 Å². The van der Waals surface area contributed by atoms with Crippen LogP contribution in [0.15, 0.2) is 0 Å². The van der Waals surface area contributed by atoms with E-state index in [-0.39, 0.29) is 11.6 Å². The summed E-state index contributed by atoms with van der Waals surface area (Å²) in [5.41, 5.74) is 5.15. The van der Waals surface area contributed by atoms with E-state index in [2.05, 4.69) is 0 Å². The molecule has 0 rings (SSSR count). The van der Waals surface area contributed by atoms with Crippen molar-refractivity contribution in [2.75, 3.05) is 0 Å². The van der Waals surface area contributed by atoms with Crippen LogP contribution in [0.1, 0.15) is 39.0 Å². The summed E-state index contributed by atoms with van der Waals surface area (Å²) in [5.74, 6) is 0.487. The molecule has 0 aliphatic heterocycles. The lowest BCUT2D eigenvalue weighted by Crippen LogP contribution is -2.08. The molecule has 11 heavy (non-hydrogen) atoms. The van der Waals surface area contributed by atoms with Crippen molar-refractivity contribution in [1.82, 2.24) is 0 Å². The summed E-state index contributed by atoms with van der Waals surface area (Å²) in [6.45, 7) is 1.60. The molecular formula is C8H16N2O. The van der Waals surface area contributed by atoms with Gasteiger partial charge in [0.1, 0.15) is 5.78 Å². The van der Waals surface area contributed by atoms with E-state index in [1.165, 1.54) is 0 Å². The fraction of sp³-hybridized carbons (Fsp3) is 0.750. The first-order chi connectivity index (χ1) is 5.13. The van der Waals surface area contributed by atoms with Gasteiger partial charge in [0.2, 0.25) is 0 Å². The van der Waals surface area contributed by atoms with Gasteiger partial charge in [-0.2, -0.15) is 0 Å². The monoisotopic (exact) mass is 156 g/mol. The van der Waals surface area contributed by atoms with Crippen LogP contribution in [0.4, 0.5) is 0 Å². The van der Waals surface area contributed by atoms with E-state index in [1.54, 1.807) is 6.92 Å². The van der Waals surface area contributed by atoms with Crippen molar-refractivity contribution in [2.45, 2.75) is 39.0 Å². The number of amidine groups is 1. The van der Waals surface area contributed by atoms with E-state index >= 15 is 0 Å². The van der Waals surface area contributed by atoms with Gasteiger partial charge in [-0.3, -0.25) is 5.41 Å². The molecule has 0 spiro atoms. The number of ketones is 1. The van der Waals surface area contributed by atoms with Gasteiger partial charge in [-0.15, -0.1) is 0 Å². The van der Waals surface area contributed by atoms with Crippen LogP contribution >= 0.6 is 0 Å². The number of Topliss-reactive ketones (excluding diaryl/α,β-unsaturated/α-hetero) is 1. The highest BCUT2D eigenvalue weighted by molar-refractivity contribution is 5.76. The number of carbonyl (C=O) groups excluding carboxylic acids is 1. The maximum Gasteiger partial charge on any atom is 0.129 e. The summed E-state index contributed by atoms with van der Waals surface area (Å²) in [6, 6.07) is 0. The smallest absolute Gasteiger partial charge is 0.129 e. The molecular weight excluding hydrogens is 140 g/mol. The Morgan fingerprint density at radius 1 is 1.27 bits per heavy atom. The standard InChI is InChI=1S/C8H16N2O/c1-7(11)5-3-2-4-6-8(9)10/h2-6H2,1H3,(H3,9,10). The fourth-order valence-electron chi connectivity index (χ4n) is 0.866. The third-order valence-corrected chi connectivity index (χ3v) is 1.47. The van der Waals surface area contributed by atoms with Crippen LogP contribution < -0.4 is 5.73 Å². The van der Waals surface area contributed by atoms with Crippen molar-refractivity contribution < 1.29 is 4.79 Å². The van der Waals surface area contributed by atoms with Gasteiger partial charge in [-0.1, -0.05) is 6.42 Å². The van der Waals surface area contributed by atoms with Crippen LogP contribution in [0, 0.1) is 5.41 Å². The molecule has 0 heterocycles. The predicted molar refractivity (Wildman–Crippen MR) is 45.7 cm³/mol.